The van der Waals surface area contributed by atoms with E-state index in [4.69, 9.17) is 4.74 Å². The van der Waals surface area contributed by atoms with E-state index < -0.39 is 10.0 Å². The van der Waals surface area contributed by atoms with Gasteiger partial charge in [-0.1, -0.05) is 0 Å². The third kappa shape index (κ3) is 3.54. The van der Waals surface area contributed by atoms with Crippen LogP contribution < -0.4 is 10.1 Å². The number of hydrogen-bond donors (Lipinski definition) is 1. The van der Waals surface area contributed by atoms with Gasteiger partial charge in [0.1, 0.15) is 5.75 Å². The number of amides is 1. The third-order valence-electron chi connectivity index (χ3n) is 3.15. The molecule has 0 aliphatic carbocycles. The summed E-state index contributed by atoms with van der Waals surface area (Å²) >= 11 is 0. The van der Waals surface area contributed by atoms with Gasteiger partial charge in [-0.05, 0) is 44.5 Å². The zero-order chi connectivity index (χ0) is 15.6. The van der Waals surface area contributed by atoms with E-state index in [1.165, 1.54) is 10.4 Å². The summed E-state index contributed by atoms with van der Waals surface area (Å²) in [6.45, 7) is 6.13. The molecule has 1 aliphatic heterocycles. The molecule has 116 valence electrons. The van der Waals surface area contributed by atoms with E-state index in [1.54, 1.807) is 19.1 Å². The van der Waals surface area contributed by atoms with Gasteiger partial charge in [0.2, 0.25) is 15.9 Å². The first-order valence-electron chi connectivity index (χ1n) is 6.85. The summed E-state index contributed by atoms with van der Waals surface area (Å²) < 4.78 is 31.8. The van der Waals surface area contributed by atoms with Crippen LogP contribution in [-0.4, -0.2) is 44.4 Å². The number of nitrogens with one attached hydrogen (secondary N) is 1. The number of rotatable bonds is 4. The highest BCUT2D eigenvalue weighted by Crippen LogP contribution is 2.25. The summed E-state index contributed by atoms with van der Waals surface area (Å²) in [6.07, 6.45) is 0.0250. The number of aryl methyl sites for hydroxylation is 1. The van der Waals surface area contributed by atoms with Crippen LogP contribution in [0.5, 0.6) is 5.75 Å². The first-order valence-corrected chi connectivity index (χ1v) is 8.29. The Bertz CT molecular complexity index is 640. The smallest absolute Gasteiger partial charge is 0.243 e. The molecule has 1 amide bonds. The molecule has 0 spiro atoms. The molecule has 7 heteroatoms. The summed E-state index contributed by atoms with van der Waals surface area (Å²) in [5.41, 5.74) is 0.756. The van der Waals surface area contributed by atoms with Crippen LogP contribution in [0, 0.1) is 6.92 Å². The van der Waals surface area contributed by atoms with Crippen LogP contribution in [0.2, 0.25) is 0 Å². The van der Waals surface area contributed by atoms with E-state index in [-0.39, 0.29) is 30.0 Å². The van der Waals surface area contributed by atoms with Crippen molar-refractivity contribution in [3.05, 3.63) is 23.8 Å². The molecule has 1 heterocycles. The minimum Gasteiger partial charge on any atom is -0.491 e. The van der Waals surface area contributed by atoms with Crippen LogP contribution in [0.4, 0.5) is 0 Å². The van der Waals surface area contributed by atoms with Gasteiger partial charge in [0.15, 0.2) is 0 Å². The first-order chi connectivity index (χ1) is 9.80. The number of sulfonamides is 1. The van der Waals surface area contributed by atoms with Gasteiger partial charge in [-0.15, -0.1) is 0 Å². The number of carbonyl (C=O) groups is 1. The molecule has 0 bridgehead atoms. The van der Waals surface area contributed by atoms with Gasteiger partial charge in [-0.25, -0.2) is 8.42 Å². The number of nitrogens with zero attached hydrogens (tertiary/aromatic N) is 1. The molecule has 0 radical (unpaired) electrons. The number of piperazine rings is 1. The zero-order valence-corrected chi connectivity index (χ0v) is 13.2. The van der Waals surface area contributed by atoms with Crippen molar-refractivity contribution < 1.29 is 17.9 Å². The van der Waals surface area contributed by atoms with Crippen molar-refractivity contribution >= 4 is 15.9 Å². The largest absolute Gasteiger partial charge is 0.491 e. The van der Waals surface area contributed by atoms with Crippen molar-refractivity contribution in [1.29, 1.82) is 0 Å². The van der Waals surface area contributed by atoms with Crippen LogP contribution in [0.25, 0.3) is 0 Å². The summed E-state index contributed by atoms with van der Waals surface area (Å²) in [6, 6.07) is 4.76. The lowest BCUT2D eigenvalue weighted by molar-refractivity contribution is -0.122. The van der Waals surface area contributed by atoms with E-state index in [0.717, 1.165) is 5.56 Å². The zero-order valence-electron chi connectivity index (χ0n) is 12.4. The Morgan fingerprint density at radius 3 is 2.62 bits per heavy atom. The highest BCUT2D eigenvalue weighted by molar-refractivity contribution is 7.89. The second-order valence-electron chi connectivity index (χ2n) is 5.28. The van der Waals surface area contributed by atoms with E-state index in [2.05, 4.69) is 5.32 Å². The highest BCUT2D eigenvalue weighted by Gasteiger charge is 2.29. The fourth-order valence-electron chi connectivity index (χ4n) is 2.14. The van der Waals surface area contributed by atoms with Crippen molar-refractivity contribution in [2.75, 3.05) is 19.6 Å². The second kappa shape index (κ2) is 6.03. The molecule has 0 atom stereocenters. The lowest BCUT2D eigenvalue weighted by atomic mass is 10.2. The van der Waals surface area contributed by atoms with E-state index in [0.29, 0.717) is 12.3 Å². The maximum absolute atomic E-state index is 12.5. The standard InChI is InChI=1S/C14H20N2O4S/c1-10(2)20-13-5-4-12(8-11(13)3)21(18,19)16-7-6-15-14(17)9-16/h4-5,8,10H,6-7,9H2,1-3H3,(H,15,17). The lowest BCUT2D eigenvalue weighted by Gasteiger charge is -2.26. The van der Waals surface area contributed by atoms with Gasteiger partial charge in [-0.2, -0.15) is 4.31 Å². The van der Waals surface area contributed by atoms with Gasteiger partial charge < -0.3 is 10.1 Å². The molecular formula is C14H20N2O4S. The van der Waals surface area contributed by atoms with E-state index in [1.807, 2.05) is 13.8 Å². The van der Waals surface area contributed by atoms with Gasteiger partial charge >= 0.3 is 0 Å². The highest BCUT2D eigenvalue weighted by atomic mass is 32.2. The summed E-state index contributed by atoms with van der Waals surface area (Å²) in [7, 11) is -3.65. The van der Waals surface area contributed by atoms with Crippen LogP contribution in [0.1, 0.15) is 19.4 Å². The Labute approximate surface area is 125 Å². The predicted molar refractivity (Wildman–Crippen MR) is 78.7 cm³/mol. The number of benzene rings is 1. The first kappa shape index (κ1) is 15.8. The Morgan fingerprint density at radius 1 is 1.33 bits per heavy atom. The third-order valence-corrected chi connectivity index (χ3v) is 4.99. The summed E-state index contributed by atoms with van der Waals surface area (Å²) in [4.78, 5) is 11.5. The Balaban J connectivity index is 2.28. The molecule has 0 aromatic heterocycles. The normalized spacial score (nSPS) is 16.9. The van der Waals surface area contributed by atoms with Gasteiger partial charge in [0, 0.05) is 13.1 Å². The van der Waals surface area contributed by atoms with Gasteiger partial charge in [0.05, 0.1) is 17.5 Å². The monoisotopic (exact) mass is 312 g/mol. The fraction of sp³-hybridized carbons (Fsp3) is 0.500. The Hall–Kier alpha value is -1.60. The molecule has 1 N–H and O–H groups in total. The van der Waals surface area contributed by atoms with Crippen LogP contribution in [0.15, 0.2) is 23.1 Å². The summed E-state index contributed by atoms with van der Waals surface area (Å²) in [5, 5.41) is 2.61. The molecule has 1 fully saturated rings. The molecule has 2 rings (SSSR count). The second-order valence-corrected chi connectivity index (χ2v) is 7.22. The molecule has 1 aliphatic rings. The summed E-state index contributed by atoms with van der Waals surface area (Å²) in [5.74, 6) is 0.390. The van der Waals surface area contributed by atoms with Crippen molar-refractivity contribution in [1.82, 2.24) is 9.62 Å². The molecular weight excluding hydrogens is 292 g/mol. The van der Waals surface area contributed by atoms with Crippen molar-refractivity contribution in [3.63, 3.8) is 0 Å². The van der Waals surface area contributed by atoms with Gasteiger partial charge in [-0.3, -0.25) is 4.79 Å². The SMILES string of the molecule is Cc1cc(S(=O)(=O)N2CCNC(=O)C2)ccc1OC(C)C. The molecule has 0 unspecified atom stereocenters. The van der Waals surface area contributed by atoms with Crippen LogP contribution in [0.3, 0.4) is 0 Å². The predicted octanol–water partition coefficient (Wildman–Crippen LogP) is 0.903. The number of ether oxygens (including phenoxy) is 1. The lowest BCUT2D eigenvalue weighted by Crippen LogP contribution is -2.49. The maximum atomic E-state index is 12.5. The van der Waals surface area contributed by atoms with Crippen molar-refractivity contribution in [2.45, 2.75) is 31.8 Å². The average molecular weight is 312 g/mol. The molecule has 1 aromatic carbocycles. The molecule has 1 aromatic rings. The van der Waals surface area contributed by atoms with Crippen molar-refractivity contribution in [2.24, 2.45) is 0 Å². The number of hydrogen-bond acceptors (Lipinski definition) is 4. The number of carbonyl (C=O) groups excluding carboxylic acids is 1. The Morgan fingerprint density at radius 2 is 2.05 bits per heavy atom. The minimum atomic E-state index is -3.65. The van der Waals surface area contributed by atoms with Gasteiger partial charge in [0.25, 0.3) is 0 Å². The fourth-order valence-corrected chi connectivity index (χ4v) is 3.62. The van der Waals surface area contributed by atoms with Crippen molar-refractivity contribution in [3.8, 4) is 5.75 Å². The molecule has 6 nitrogen and oxygen atoms in total. The van der Waals surface area contributed by atoms with Crippen LogP contribution in [-0.2, 0) is 14.8 Å². The van der Waals surface area contributed by atoms with Crippen LogP contribution >= 0.6 is 0 Å². The molecule has 0 saturated carbocycles. The van der Waals surface area contributed by atoms with E-state index in [9.17, 15) is 13.2 Å². The average Bonchev–Trinajstić information content (AvgIpc) is 2.40. The topological polar surface area (TPSA) is 75.7 Å². The molecule has 1 saturated heterocycles. The maximum Gasteiger partial charge on any atom is 0.243 e. The minimum absolute atomic E-state index is 0.0250. The van der Waals surface area contributed by atoms with E-state index >= 15 is 0 Å². The quantitative estimate of drug-likeness (QED) is 0.896. The Kier molecular flexibility index (Phi) is 4.53. The molecule has 21 heavy (non-hydrogen) atoms.